The van der Waals surface area contributed by atoms with Crippen molar-refractivity contribution in [1.82, 2.24) is 24.4 Å². The van der Waals surface area contributed by atoms with Crippen molar-refractivity contribution in [2.45, 2.75) is 18.9 Å². The van der Waals surface area contributed by atoms with Gasteiger partial charge in [0.2, 0.25) is 0 Å². The number of piperidine rings is 1. The van der Waals surface area contributed by atoms with Crippen LogP contribution in [0.25, 0.3) is 11.0 Å². The molecule has 1 saturated heterocycles. The molecule has 2 N–H and O–H groups in total. The maximum Gasteiger partial charge on any atom is 0.326 e. The first-order chi connectivity index (χ1) is 12.1. The Morgan fingerprint density at radius 3 is 2.60 bits per heavy atom. The predicted molar refractivity (Wildman–Crippen MR) is 91.6 cm³/mol. The average Bonchev–Trinajstić information content (AvgIpc) is 2.97. The molecule has 1 amide bonds. The number of benzene rings is 1. The van der Waals surface area contributed by atoms with Crippen molar-refractivity contribution in [3.8, 4) is 0 Å². The van der Waals surface area contributed by atoms with Crippen molar-refractivity contribution in [2.24, 2.45) is 0 Å². The van der Waals surface area contributed by atoms with Gasteiger partial charge in [-0.25, -0.2) is 4.79 Å². The summed E-state index contributed by atoms with van der Waals surface area (Å²) in [5, 5.41) is 0. The Hall–Kier alpha value is -3.16. The van der Waals surface area contributed by atoms with Crippen LogP contribution in [0.4, 0.5) is 0 Å². The van der Waals surface area contributed by atoms with Crippen molar-refractivity contribution in [2.75, 3.05) is 13.1 Å². The minimum atomic E-state index is -0.397. The third-order valence-corrected chi connectivity index (χ3v) is 4.62. The number of likely N-dealkylation sites (tertiary alicyclic amines) is 1. The van der Waals surface area contributed by atoms with Crippen LogP contribution in [0.2, 0.25) is 0 Å². The molecule has 128 valence electrons. The van der Waals surface area contributed by atoms with Crippen LogP contribution in [0.3, 0.4) is 0 Å². The van der Waals surface area contributed by atoms with E-state index in [-0.39, 0.29) is 23.3 Å². The molecule has 0 unspecified atom stereocenters. The maximum absolute atomic E-state index is 12.5. The lowest BCUT2D eigenvalue weighted by Gasteiger charge is -2.32. The number of nitrogens with one attached hydrogen (secondary N) is 2. The summed E-state index contributed by atoms with van der Waals surface area (Å²) in [4.78, 5) is 46.9. The minimum Gasteiger partial charge on any atom is -0.337 e. The van der Waals surface area contributed by atoms with Gasteiger partial charge in [-0.2, -0.15) is 0 Å². The quantitative estimate of drug-likeness (QED) is 0.723. The number of para-hydroxylation sites is 2. The largest absolute Gasteiger partial charge is 0.337 e. The Labute approximate surface area is 142 Å². The molecule has 3 aromatic rings. The Morgan fingerprint density at radius 2 is 1.84 bits per heavy atom. The maximum atomic E-state index is 12.5. The zero-order valence-corrected chi connectivity index (χ0v) is 13.4. The number of aromatic amines is 2. The van der Waals surface area contributed by atoms with E-state index >= 15 is 0 Å². The van der Waals surface area contributed by atoms with Crippen molar-refractivity contribution in [1.29, 1.82) is 0 Å². The summed E-state index contributed by atoms with van der Waals surface area (Å²) in [6.45, 7) is 1.04. The second-order valence-corrected chi connectivity index (χ2v) is 6.15. The van der Waals surface area contributed by atoms with E-state index in [1.165, 1.54) is 6.20 Å². The van der Waals surface area contributed by atoms with Crippen LogP contribution in [0.15, 0.2) is 46.2 Å². The van der Waals surface area contributed by atoms with Gasteiger partial charge in [-0.15, -0.1) is 0 Å². The third kappa shape index (κ3) is 2.75. The average molecular weight is 339 g/mol. The molecule has 0 saturated carbocycles. The monoisotopic (exact) mass is 339 g/mol. The number of imidazole rings is 1. The van der Waals surface area contributed by atoms with Crippen LogP contribution < -0.4 is 11.2 Å². The van der Waals surface area contributed by atoms with Crippen LogP contribution in [0, 0.1) is 0 Å². The van der Waals surface area contributed by atoms with Crippen molar-refractivity contribution >= 4 is 16.9 Å². The summed E-state index contributed by atoms with van der Waals surface area (Å²) in [6, 6.07) is 7.64. The van der Waals surface area contributed by atoms with E-state index in [4.69, 9.17) is 0 Å². The normalized spacial score (nSPS) is 15.6. The SMILES string of the molecule is O=C(c1cncc(=O)[nH]1)N1CCC(n2c(=O)[nH]c3ccccc32)CC1. The van der Waals surface area contributed by atoms with Gasteiger partial charge in [0.05, 0.1) is 23.4 Å². The first-order valence-electron chi connectivity index (χ1n) is 8.16. The van der Waals surface area contributed by atoms with Gasteiger partial charge in [0, 0.05) is 19.1 Å². The summed E-state index contributed by atoms with van der Waals surface area (Å²) in [6.07, 6.45) is 3.85. The van der Waals surface area contributed by atoms with Gasteiger partial charge < -0.3 is 14.9 Å². The highest BCUT2D eigenvalue weighted by molar-refractivity contribution is 5.92. The van der Waals surface area contributed by atoms with Crippen LogP contribution >= 0.6 is 0 Å². The van der Waals surface area contributed by atoms with Crippen LogP contribution in [-0.4, -0.2) is 43.4 Å². The van der Waals surface area contributed by atoms with Gasteiger partial charge >= 0.3 is 5.69 Å². The number of aromatic nitrogens is 4. The molecule has 2 aromatic heterocycles. The van der Waals surface area contributed by atoms with Gasteiger partial charge in [-0.3, -0.25) is 19.1 Å². The second kappa shape index (κ2) is 6.04. The van der Waals surface area contributed by atoms with E-state index in [9.17, 15) is 14.4 Å². The van der Waals surface area contributed by atoms with Crippen molar-refractivity contribution in [3.63, 3.8) is 0 Å². The van der Waals surface area contributed by atoms with Gasteiger partial charge in [0.25, 0.3) is 11.5 Å². The Balaban J connectivity index is 1.53. The highest BCUT2D eigenvalue weighted by atomic mass is 16.2. The molecule has 4 rings (SSSR count). The number of nitrogens with zero attached hydrogens (tertiary/aromatic N) is 3. The van der Waals surface area contributed by atoms with E-state index in [1.54, 1.807) is 9.47 Å². The number of carbonyl (C=O) groups is 1. The van der Waals surface area contributed by atoms with Crippen LogP contribution in [-0.2, 0) is 0 Å². The molecule has 1 aliphatic rings. The minimum absolute atomic E-state index is 0.0423. The molecule has 0 spiro atoms. The summed E-state index contributed by atoms with van der Waals surface area (Å²) >= 11 is 0. The van der Waals surface area contributed by atoms with Gasteiger partial charge in [-0.1, -0.05) is 12.1 Å². The molecule has 8 heteroatoms. The Morgan fingerprint density at radius 1 is 1.08 bits per heavy atom. The van der Waals surface area contributed by atoms with E-state index in [0.29, 0.717) is 25.9 Å². The first-order valence-corrected chi connectivity index (χ1v) is 8.16. The fourth-order valence-electron chi connectivity index (χ4n) is 3.42. The smallest absolute Gasteiger partial charge is 0.326 e. The molecule has 0 aliphatic carbocycles. The van der Waals surface area contributed by atoms with Crippen molar-refractivity contribution in [3.05, 3.63) is 63.2 Å². The number of carbonyl (C=O) groups excluding carboxylic acids is 1. The second-order valence-electron chi connectivity index (χ2n) is 6.15. The van der Waals surface area contributed by atoms with E-state index in [0.717, 1.165) is 17.2 Å². The molecular weight excluding hydrogens is 322 g/mol. The fraction of sp³-hybridized carbons (Fsp3) is 0.294. The number of hydrogen-bond donors (Lipinski definition) is 2. The number of rotatable bonds is 2. The molecule has 1 aliphatic heterocycles. The number of H-pyrrole nitrogens is 2. The van der Waals surface area contributed by atoms with E-state index in [1.807, 2.05) is 24.3 Å². The predicted octanol–water partition coefficient (Wildman–Crippen LogP) is 0.890. The topological polar surface area (TPSA) is 104 Å². The lowest BCUT2D eigenvalue weighted by atomic mass is 10.0. The number of amides is 1. The van der Waals surface area contributed by atoms with E-state index in [2.05, 4.69) is 15.0 Å². The highest BCUT2D eigenvalue weighted by Crippen LogP contribution is 2.25. The molecule has 8 nitrogen and oxygen atoms in total. The van der Waals surface area contributed by atoms with Crippen LogP contribution in [0.1, 0.15) is 29.4 Å². The van der Waals surface area contributed by atoms with Crippen molar-refractivity contribution < 1.29 is 4.79 Å². The van der Waals surface area contributed by atoms with Gasteiger partial charge in [-0.05, 0) is 25.0 Å². The lowest BCUT2D eigenvalue weighted by molar-refractivity contribution is 0.0688. The van der Waals surface area contributed by atoms with Crippen LogP contribution in [0.5, 0.6) is 0 Å². The molecule has 0 bridgehead atoms. The number of fused-ring (bicyclic) bond motifs is 1. The summed E-state index contributed by atoms with van der Waals surface area (Å²) in [7, 11) is 0. The third-order valence-electron chi connectivity index (χ3n) is 4.62. The molecular formula is C17H17N5O3. The molecule has 1 fully saturated rings. The zero-order valence-electron chi connectivity index (χ0n) is 13.4. The summed E-state index contributed by atoms with van der Waals surface area (Å²) in [5.41, 5.74) is 1.37. The molecule has 3 heterocycles. The van der Waals surface area contributed by atoms with Gasteiger partial charge in [0.1, 0.15) is 5.69 Å². The molecule has 25 heavy (non-hydrogen) atoms. The molecule has 1 aromatic carbocycles. The summed E-state index contributed by atoms with van der Waals surface area (Å²) in [5.74, 6) is -0.241. The van der Waals surface area contributed by atoms with E-state index < -0.39 is 5.56 Å². The molecule has 0 radical (unpaired) electrons. The molecule has 0 atom stereocenters. The standard InChI is InChI=1S/C17H17N5O3/c23-15-10-18-9-13(19-15)16(24)21-7-5-11(6-8-21)22-14-4-2-1-3-12(14)20-17(22)25/h1-4,9-11H,5-8H2,(H,19,23)(H,20,25). The Bertz CT molecular complexity index is 1040. The highest BCUT2D eigenvalue weighted by Gasteiger charge is 2.27. The Kier molecular flexibility index (Phi) is 3.72. The lowest BCUT2D eigenvalue weighted by Crippen LogP contribution is -2.41. The zero-order chi connectivity index (χ0) is 17.4. The fourth-order valence-corrected chi connectivity index (χ4v) is 3.42. The first kappa shape index (κ1) is 15.4. The van der Waals surface area contributed by atoms with Gasteiger partial charge in [0.15, 0.2) is 0 Å². The summed E-state index contributed by atoms with van der Waals surface area (Å²) < 4.78 is 1.78. The number of hydrogen-bond acceptors (Lipinski definition) is 4.